The van der Waals surface area contributed by atoms with Crippen LogP contribution in [0.5, 0.6) is 0 Å². The molecule has 1 aromatic carbocycles. The van der Waals surface area contributed by atoms with E-state index >= 15 is 0 Å². The molecule has 0 unspecified atom stereocenters. The van der Waals surface area contributed by atoms with Crippen molar-refractivity contribution in [2.24, 2.45) is 47.3 Å². The van der Waals surface area contributed by atoms with Crippen LogP contribution in [0.3, 0.4) is 0 Å². The lowest BCUT2D eigenvalue weighted by Crippen LogP contribution is -2.49. The summed E-state index contributed by atoms with van der Waals surface area (Å²) in [6, 6.07) is 11.0. The highest BCUT2D eigenvalue weighted by Gasteiger charge is 2.97. The van der Waals surface area contributed by atoms with E-state index in [0.717, 1.165) is 35.5 Å². The molecule has 96 valence electrons. The molecule has 0 N–H and O–H groups in total. The van der Waals surface area contributed by atoms with Crippen molar-refractivity contribution in [1.29, 1.82) is 0 Å². The van der Waals surface area contributed by atoms with Crippen LogP contribution in [0.4, 0.5) is 0 Å². The second-order valence-electron chi connectivity index (χ2n) is 7.78. The van der Waals surface area contributed by atoms with Crippen LogP contribution in [-0.4, -0.2) is 5.06 Å². The van der Waals surface area contributed by atoms with E-state index in [-0.39, 0.29) is 10.7 Å². The second kappa shape index (κ2) is 2.29. The third-order valence-corrected chi connectivity index (χ3v) is 8.53. The summed E-state index contributed by atoms with van der Waals surface area (Å²) >= 11 is 7.05. The SMILES string of the molecule is Cl[C@@]12O[C@@]3(c4ccccc4)[C@@H]4[C@@H]5[C@H]6C[C@@H]([C@@H]5[C@@H]41)[C@@H]2[C@H]63. The molecule has 2 heteroatoms. The highest BCUT2D eigenvalue weighted by molar-refractivity contribution is 6.24. The molecule has 7 aliphatic rings. The third-order valence-electron chi connectivity index (χ3n) is 7.95. The van der Waals surface area contributed by atoms with Crippen molar-refractivity contribution in [3.63, 3.8) is 0 Å². The Bertz CT molecular complexity index is 644. The Hall–Kier alpha value is -0.530. The summed E-state index contributed by atoms with van der Waals surface area (Å²) in [4.78, 5) is 0. The number of rotatable bonds is 1. The van der Waals surface area contributed by atoms with Gasteiger partial charge in [0, 0.05) is 23.7 Å². The maximum atomic E-state index is 7.05. The summed E-state index contributed by atoms with van der Waals surface area (Å²) in [6.45, 7) is 0. The summed E-state index contributed by atoms with van der Waals surface area (Å²) in [7, 11) is 0. The Labute approximate surface area is 117 Å². The third kappa shape index (κ3) is 0.600. The molecule has 10 atom stereocenters. The molecular weight excluding hydrogens is 256 g/mol. The smallest absolute Gasteiger partial charge is 0.149 e. The van der Waals surface area contributed by atoms with E-state index in [2.05, 4.69) is 30.3 Å². The van der Waals surface area contributed by atoms with Crippen LogP contribution < -0.4 is 0 Å². The van der Waals surface area contributed by atoms with Crippen molar-refractivity contribution in [2.75, 3.05) is 0 Å². The van der Waals surface area contributed by atoms with Gasteiger partial charge in [-0.15, -0.1) is 0 Å². The van der Waals surface area contributed by atoms with Gasteiger partial charge in [0.25, 0.3) is 0 Å². The lowest BCUT2D eigenvalue weighted by Gasteiger charge is -2.46. The van der Waals surface area contributed by atoms with Gasteiger partial charge in [-0.25, -0.2) is 0 Å². The fourth-order valence-corrected chi connectivity index (χ4v) is 8.85. The van der Waals surface area contributed by atoms with Gasteiger partial charge in [0.2, 0.25) is 0 Å². The predicted octanol–water partition coefficient (Wildman–Crippen LogP) is 3.23. The van der Waals surface area contributed by atoms with E-state index < -0.39 is 0 Å². The standard InChI is InChI=1S/C17H15ClO/c18-17-13-9-6-8-10-11(9)15(17)14(10)16(19-17,12(8)13)7-4-2-1-3-5-7/h1-5,8-15H,6H2/t8-,9+,10-,11+,12+,13-,14-,15+,16-,17+/m1/s1. The average molecular weight is 271 g/mol. The Morgan fingerprint density at radius 2 is 1.68 bits per heavy atom. The maximum Gasteiger partial charge on any atom is 0.149 e. The Kier molecular flexibility index (Phi) is 1.14. The van der Waals surface area contributed by atoms with E-state index in [4.69, 9.17) is 16.3 Å². The molecule has 1 nitrogen and oxygen atoms in total. The number of alkyl halides is 1. The van der Waals surface area contributed by atoms with E-state index in [1.807, 2.05) is 0 Å². The highest BCUT2D eigenvalue weighted by atomic mass is 35.5. The molecule has 2 heterocycles. The van der Waals surface area contributed by atoms with Gasteiger partial charge in [0.1, 0.15) is 10.7 Å². The van der Waals surface area contributed by atoms with Crippen molar-refractivity contribution in [1.82, 2.24) is 0 Å². The molecule has 19 heavy (non-hydrogen) atoms. The molecule has 5 saturated carbocycles. The summed E-state index contributed by atoms with van der Waals surface area (Å²) in [6.07, 6.45) is 1.46. The molecule has 0 amide bonds. The molecule has 2 aliphatic heterocycles. The number of halogens is 1. The summed E-state index contributed by atoms with van der Waals surface area (Å²) < 4.78 is 6.69. The van der Waals surface area contributed by atoms with Crippen molar-refractivity contribution >= 4 is 11.6 Å². The monoisotopic (exact) mass is 270 g/mol. The van der Waals surface area contributed by atoms with Gasteiger partial charge < -0.3 is 4.74 Å². The maximum absolute atomic E-state index is 7.05. The van der Waals surface area contributed by atoms with Crippen molar-refractivity contribution in [3.05, 3.63) is 35.9 Å². The zero-order chi connectivity index (χ0) is 12.1. The van der Waals surface area contributed by atoms with Gasteiger partial charge in [0.15, 0.2) is 0 Å². The van der Waals surface area contributed by atoms with Gasteiger partial charge in [0.05, 0.1) is 0 Å². The van der Waals surface area contributed by atoms with Crippen molar-refractivity contribution in [2.45, 2.75) is 17.1 Å². The molecule has 7 fully saturated rings. The van der Waals surface area contributed by atoms with Gasteiger partial charge >= 0.3 is 0 Å². The Morgan fingerprint density at radius 3 is 2.53 bits per heavy atom. The topological polar surface area (TPSA) is 9.23 Å². The van der Waals surface area contributed by atoms with Gasteiger partial charge in [-0.1, -0.05) is 41.9 Å². The van der Waals surface area contributed by atoms with E-state index in [9.17, 15) is 0 Å². The number of hydrogen-bond donors (Lipinski definition) is 0. The Morgan fingerprint density at radius 1 is 0.947 bits per heavy atom. The van der Waals surface area contributed by atoms with Gasteiger partial charge in [-0.2, -0.15) is 0 Å². The molecule has 0 spiro atoms. The molecule has 1 aromatic rings. The quantitative estimate of drug-likeness (QED) is 0.712. The lowest BCUT2D eigenvalue weighted by molar-refractivity contribution is -0.0441. The van der Waals surface area contributed by atoms with E-state index in [0.29, 0.717) is 11.8 Å². The van der Waals surface area contributed by atoms with Crippen LogP contribution in [0, 0.1) is 47.3 Å². The molecule has 2 saturated heterocycles. The van der Waals surface area contributed by atoms with Gasteiger partial charge in [-0.3, -0.25) is 0 Å². The van der Waals surface area contributed by atoms with E-state index in [1.165, 1.54) is 12.0 Å². The van der Waals surface area contributed by atoms with Crippen LogP contribution in [0.2, 0.25) is 0 Å². The van der Waals surface area contributed by atoms with Gasteiger partial charge in [-0.05, 0) is 35.7 Å². The molecule has 8 rings (SSSR count). The summed E-state index contributed by atoms with van der Waals surface area (Å²) in [5.41, 5.74) is 1.43. The number of hydrogen-bond acceptors (Lipinski definition) is 1. The second-order valence-corrected chi connectivity index (χ2v) is 8.37. The first kappa shape index (κ1) is 9.41. The van der Waals surface area contributed by atoms with Crippen LogP contribution in [0.25, 0.3) is 0 Å². The normalized spacial score (nSPS) is 71.4. The fourth-order valence-electron chi connectivity index (χ4n) is 8.15. The number of ether oxygens (including phenoxy) is 1. The van der Waals surface area contributed by atoms with Crippen LogP contribution in [-0.2, 0) is 10.3 Å². The molecule has 4 bridgehead atoms. The zero-order valence-corrected chi connectivity index (χ0v) is 11.3. The summed E-state index contributed by atoms with van der Waals surface area (Å²) in [5.74, 6) is 6.57. The van der Waals surface area contributed by atoms with Crippen LogP contribution in [0.15, 0.2) is 30.3 Å². The minimum atomic E-state index is -0.276. The minimum Gasteiger partial charge on any atom is -0.347 e. The van der Waals surface area contributed by atoms with E-state index in [1.54, 1.807) is 0 Å². The first-order chi connectivity index (χ1) is 9.28. The van der Waals surface area contributed by atoms with Crippen molar-refractivity contribution < 1.29 is 4.74 Å². The first-order valence-electron chi connectivity index (χ1n) is 7.73. The first-order valence-corrected chi connectivity index (χ1v) is 8.11. The van der Waals surface area contributed by atoms with Crippen LogP contribution in [0.1, 0.15) is 12.0 Å². The molecular formula is C17H15ClO. The lowest BCUT2D eigenvalue weighted by atomic mass is 9.56. The fraction of sp³-hybridized carbons (Fsp3) is 0.647. The van der Waals surface area contributed by atoms with Crippen molar-refractivity contribution in [3.8, 4) is 0 Å². The largest absolute Gasteiger partial charge is 0.347 e. The van der Waals surface area contributed by atoms with Crippen LogP contribution >= 0.6 is 11.6 Å². The summed E-state index contributed by atoms with van der Waals surface area (Å²) in [5, 5.41) is -0.276. The highest BCUT2D eigenvalue weighted by Crippen LogP contribution is 2.95. The minimum absolute atomic E-state index is 0.00935. The predicted molar refractivity (Wildman–Crippen MR) is 70.3 cm³/mol. The molecule has 0 aromatic heterocycles. The molecule has 0 radical (unpaired) electrons. The molecule has 5 aliphatic carbocycles. The zero-order valence-electron chi connectivity index (χ0n) is 10.5. The Balaban J connectivity index is 1.59. The average Bonchev–Trinajstić information content (AvgIpc) is 3.01. The number of benzene rings is 1.